The number of carbonyl (C=O) groups is 3. The minimum Gasteiger partial charge on any atom is -0.467 e. The molecule has 0 saturated heterocycles. The molecule has 1 fully saturated rings. The van der Waals surface area contributed by atoms with E-state index in [1.807, 2.05) is 90.9 Å². The Kier molecular flexibility index (Phi) is 12.3. The topological polar surface area (TPSA) is 75.7 Å². The Balaban J connectivity index is 1.65. The van der Waals surface area contributed by atoms with Crippen LogP contribution < -0.4 is 5.32 Å². The quantitative estimate of drug-likeness (QED) is 0.208. The number of nitrogens with one attached hydrogen (secondary N) is 1. The van der Waals surface area contributed by atoms with Crippen molar-refractivity contribution in [2.75, 3.05) is 25.7 Å². The lowest BCUT2D eigenvalue weighted by molar-refractivity contribution is -0.142. The van der Waals surface area contributed by atoms with Crippen LogP contribution >= 0.6 is 11.8 Å². The zero-order chi connectivity index (χ0) is 30.6. The van der Waals surface area contributed by atoms with Crippen LogP contribution in [0.5, 0.6) is 0 Å². The minimum absolute atomic E-state index is 0.0189. The Morgan fingerprint density at radius 1 is 0.953 bits per heavy atom. The molecule has 1 saturated carbocycles. The average molecular weight is 601 g/mol. The second kappa shape index (κ2) is 16.3. The lowest BCUT2D eigenvalue weighted by Gasteiger charge is -2.28. The monoisotopic (exact) mass is 600 g/mol. The molecule has 0 spiro atoms. The summed E-state index contributed by atoms with van der Waals surface area (Å²) in [6, 6.07) is 22.5. The van der Waals surface area contributed by atoms with Gasteiger partial charge in [0.15, 0.2) is 0 Å². The van der Waals surface area contributed by atoms with E-state index < -0.39 is 12.0 Å². The second-order valence-corrected chi connectivity index (χ2v) is 12.4. The van der Waals surface area contributed by atoms with Gasteiger partial charge in [-0.3, -0.25) is 9.59 Å². The third-order valence-corrected chi connectivity index (χ3v) is 9.02. The van der Waals surface area contributed by atoms with Crippen LogP contribution in [0.25, 0.3) is 11.1 Å². The predicted octanol–water partition coefficient (Wildman–Crippen LogP) is 7.30. The minimum atomic E-state index is -0.729. The second-order valence-electron chi connectivity index (χ2n) is 11.4. The van der Waals surface area contributed by atoms with Crippen LogP contribution in [0.1, 0.15) is 76.8 Å². The number of rotatable bonds is 13. The zero-order valence-corrected chi connectivity index (χ0v) is 26.5. The molecule has 1 N–H and O–H groups in total. The first-order valence-electron chi connectivity index (χ1n) is 15.3. The molecular formula is C36H44N2O4S. The molecule has 0 heterocycles. The van der Waals surface area contributed by atoms with Crippen molar-refractivity contribution in [2.24, 2.45) is 5.92 Å². The highest BCUT2D eigenvalue weighted by Crippen LogP contribution is 2.30. The van der Waals surface area contributed by atoms with Crippen molar-refractivity contribution in [2.45, 2.75) is 64.5 Å². The van der Waals surface area contributed by atoms with E-state index in [4.69, 9.17) is 4.74 Å². The van der Waals surface area contributed by atoms with Crippen LogP contribution in [0.4, 0.5) is 0 Å². The van der Waals surface area contributed by atoms with E-state index in [0.29, 0.717) is 36.6 Å². The normalized spacial score (nSPS) is 14.1. The first-order chi connectivity index (χ1) is 20.9. The zero-order valence-electron chi connectivity index (χ0n) is 25.6. The van der Waals surface area contributed by atoms with Gasteiger partial charge in [0.05, 0.1) is 7.11 Å². The summed E-state index contributed by atoms with van der Waals surface area (Å²) in [5.74, 6) is 0.614. The van der Waals surface area contributed by atoms with Gasteiger partial charge in [0, 0.05) is 24.2 Å². The Labute approximate surface area is 260 Å². The summed E-state index contributed by atoms with van der Waals surface area (Å²) in [6.45, 7) is 3.16. The van der Waals surface area contributed by atoms with Gasteiger partial charge >= 0.3 is 5.97 Å². The molecular weight excluding hydrogens is 556 g/mol. The van der Waals surface area contributed by atoms with Gasteiger partial charge in [-0.2, -0.15) is 11.8 Å². The van der Waals surface area contributed by atoms with E-state index >= 15 is 0 Å². The fourth-order valence-electron chi connectivity index (χ4n) is 5.90. The van der Waals surface area contributed by atoms with Gasteiger partial charge in [-0.25, -0.2) is 4.79 Å². The molecule has 6 nitrogen and oxygen atoms in total. The lowest BCUT2D eigenvalue weighted by atomic mass is 9.87. The molecule has 0 aliphatic heterocycles. The molecule has 228 valence electrons. The Hall–Kier alpha value is -3.58. The van der Waals surface area contributed by atoms with Crippen LogP contribution in [0, 0.1) is 12.8 Å². The number of aryl methyl sites for hydroxylation is 1. The summed E-state index contributed by atoms with van der Waals surface area (Å²) in [4.78, 5) is 41.8. The molecule has 4 rings (SSSR count). The van der Waals surface area contributed by atoms with Crippen LogP contribution in [0.3, 0.4) is 0 Å². The van der Waals surface area contributed by atoms with Crippen LogP contribution in [0.2, 0.25) is 0 Å². The van der Waals surface area contributed by atoms with Crippen molar-refractivity contribution in [3.05, 3.63) is 95.1 Å². The van der Waals surface area contributed by atoms with E-state index in [0.717, 1.165) is 34.4 Å². The summed E-state index contributed by atoms with van der Waals surface area (Å²) in [5, 5.41) is 2.91. The van der Waals surface area contributed by atoms with Crippen molar-refractivity contribution in [3.63, 3.8) is 0 Å². The van der Waals surface area contributed by atoms with Gasteiger partial charge in [-0.15, -0.1) is 0 Å². The number of ether oxygens (including phenoxy) is 1. The summed E-state index contributed by atoms with van der Waals surface area (Å²) in [7, 11) is 1.34. The molecule has 0 bridgehead atoms. The Morgan fingerprint density at radius 2 is 1.67 bits per heavy atom. The van der Waals surface area contributed by atoms with Crippen molar-refractivity contribution in [1.82, 2.24) is 10.2 Å². The number of amides is 2. The Bertz CT molecular complexity index is 1370. The molecule has 0 radical (unpaired) electrons. The van der Waals surface area contributed by atoms with Crippen molar-refractivity contribution >= 4 is 29.5 Å². The average Bonchev–Trinajstić information content (AvgIpc) is 3.05. The van der Waals surface area contributed by atoms with Crippen LogP contribution in [0.15, 0.2) is 72.8 Å². The van der Waals surface area contributed by atoms with Crippen LogP contribution in [-0.4, -0.2) is 54.4 Å². The number of thioether (sulfide) groups is 1. The number of carbonyl (C=O) groups excluding carboxylic acids is 3. The number of nitrogens with zero attached hydrogens (tertiary/aromatic N) is 1. The highest BCUT2D eigenvalue weighted by molar-refractivity contribution is 7.98. The summed E-state index contributed by atoms with van der Waals surface area (Å²) >= 11 is 1.61. The third kappa shape index (κ3) is 8.96. The highest BCUT2D eigenvalue weighted by atomic mass is 32.2. The number of hydrogen-bond donors (Lipinski definition) is 1. The molecule has 0 unspecified atom stereocenters. The lowest BCUT2D eigenvalue weighted by Crippen LogP contribution is -2.42. The SMILES string of the molecule is COC(=O)[C@H](CCSC)NC(=O)c1ccc(CN(CCC2CCCCC2)C(=O)c2ccccc2)cc1-c1ccccc1C. The molecule has 1 aliphatic carbocycles. The van der Waals surface area contributed by atoms with E-state index in [1.54, 1.807) is 11.8 Å². The first-order valence-corrected chi connectivity index (χ1v) is 16.7. The largest absolute Gasteiger partial charge is 0.467 e. The Morgan fingerprint density at radius 3 is 2.37 bits per heavy atom. The van der Waals surface area contributed by atoms with Gasteiger partial charge in [0.2, 0.25) is 0 Å². The van der Waals surface area contributed by atoms with Gasteiger partial charge in [-0.1, -0.05) is 80.6 Å². The fourth-order valence-corrected chi connectivity index (χ4v) is 6.37. The molecule has 7 heteroatoms. The van der Waals surface area contributed by atoms with E-state index in [9.17, 15) is 14.4 Å². The van der Waals surface area contributed by atoms with E-state index in [2.05, 4.69) is 5.32 Å². The van der Waals surface area contributed by atoms with Crippen molar-refractivity contribution in [3.8, 4) is 11.1 Å². The highest BCUT2D eigenvalue weighted by Gasteiger charge is 2.25. The summed E-state index contributed by atoms with van der Waals surface area (Å²) < 4.78 is 4.97. The third-order valence-electron chi connectivity index (χ3n) is 8.38. The standard InChI is InChI=1S/C36H44N2O4S/c1-26-12-10-11-17-30(26)32-24-28(18-19-31(32)34(39)37-33(21-23-43-3)36(41)42-2)25-38(22-20-27-13-6-4-7-14-27)35(40)29-15-8-5-9-16-29/h5,8-12,15-19,24,27,33H,4,6-7,13-14,20-23,25H2,1-3H3,(H,37,39)/t33-/m0/s1. The van der Waals surface area contributed by atoms with Gasteiger partial charge in [0.25, 0.3) is 11.8 Å². The predicted molar refractivity (Wildman–Crippen MR) is 175 cm³/mol. The maximum atomic E-state index is 13.7. The summed E-state index contributed by atoms with van der Waals surface area (Å²) in [5.41, 5.74) is 4.88. The molecule has 0 aromatic heterocycles. The van der Waals surface area contributed by atoms with Crippen molar-refractivity contribution in [1.29, 1.82) is 0 Å². The number of benzene rings is 3. The number of esters is 1. The van der Waals surface area contributed by atoms with Crippen molar-refractivity contribution < 1.29 is 19.1 Å². The molecule has 1 aliphatic rings. The number of hydrogen-bond acceptors (Lipinski definition) is 5. The first kappa shape index (κ1) is 32.3. The molecule has 43 heavy (non-hydrogen) atoms. The fraction of sp³-hybridized carbons (Fsp3) is 0.417. The molecule has 3 aromatic carbocycles. The maximum Gasteiger partial charge on any atom is 0.328 e. The maximum absolute atomic E-state index is 13.7. The molecule has 1 atom stereocenters. The smallest absolute Gasteiger partial charge is 0.328 e. The van der Waals surface area contributed by atoms with E-state index in [-0.39, 0.29) is 11.8 Å². The molecule has 2 amide bonds. The van der Waals surface area contributed by atoms with Gasteiger partial charge < -0.3 is 15.0 Å². The summed E-state index contributed by atoms with van der Waals surface area (Å²) in [6.07, 6.45) is 9.76. The van der Waals surface area contributed by atoms with Gasteiger partial charge in [-0.05, 0) is 84.2 Å². The van der Waals surface area contributed by atoms with Crippen LogP contribution in [-0.2, 0) is 16.1 Å². The van der Waals surface area contributed by atoms with E-state index in [1.165, 1.54) is 39.2 Å². The van der Waals surface area contributed by atoms with Gasteiger partial charge in [0.1, 0.15) is 6.04 Å². The molecule has 3 aromatic rings. The number of methoxy groups -OCH3 is 1.